The van der Waals surface area contributed by atoms with Crippen LogP contribution in [-0.4, -0.2) is 11.3 Å². The number of halogens is 1. The molecule has 2 rings (SSSR count). The standard InChI is InChI=1S/C17H21ClN2S.C2H6/c1-5-16(17(19)9-10-17)20-12(3)13(4)21-15-8-6-7-14(18)11(15)2;1-2/h5-8H,4,9-10,19H2,1-3H3;1-2H3/b16-5-,20-12?;. The molecule has 0 spiro atoms. The van der Waals surface area contributed by atoms with Crippen molar-refractivity contribution in [3.8, 4) is 0 Å². The molecule has 0 saturated heterocycles. The minimum atomic E-state index is -0.215. The monoisotopic (exact) mass is 350 g/mol. The number of allylic oxidation sites excluding steroid dienone is 2. The van der Waals surface area contributed by atoms with E-state index in [2.05, 4.69) is 11.6 Å². The van der Waals surface area contributed by atoms with Crippen LogP contribution < -0.4 is 5.73 Å². The maximum absolute atomic E-state index is 6.22. The first-order chi connectivity index (χ1) is 10.9. The van der Waals surface area contributed by atoms with Crippen LogP contribution in [0.5, 0.6) is 0 Å². The molecule has 1 fully saturated rings. The molecule has 1 aliphatic rings. The summed E-state index contributed by atoms with van der Waals surface area (Å²) < 4.78 is 0. The molecule has 0 aliphatic heterocycles. The summed E-state index contributed by atoms with van der Waals surface area (Å²) in [5, 5.41) is 0.774. The topological polar surface area (TPSA) is 38.4 Å². The molecule has 4 heteroatoms. The van der Waals surface area contributed by atoms with Crippen LogP contribution in [0.4, 0.5) is 0 Å². The Bertz CT molecular complexity index is 628. The van der Waals surface area contributed by atoms with Gasteiger partial charge in [-0.15, -0.1) is 0 Å². The zero-order chi connectivity index (χ0) is 17.6. The number of aliphatic imine (C=N–C) groups is 1. The van der Waals surface area contributed by atoms with E-state index >= 15 is 0 Å². The second kappa shape index (κ2) is 8.72. The third-order valence-electron chi connectivity index (χ3n) is 3.72. The highest BCUT2D eigenvalue weighted by molar-refractivity contribution is 8.04. The fourth-order valence-corrected chi connectivity index (χ4v) is 3.10. The van der Waals surface area contributed by atoms with E-state index in [9.17, 15) is 0 Å². The fourth-order valence-electron chi connectivity index (χ4n) is 2.00. The summed E-state index contributed by atoms with van der Waals surface area (Å²) in [7, 11) is 0. The van der Waals surface area contributed by atoms with E-state index < -0.39 is 0 Å². The van der Waals surface area contributed by atoms with Crippen molar-refractivity contribution in [3.63, 3.8) is 0 Å². The van der Waals surface area contributed by atoms with Crippen molar-refractivity contribution in [2.45, 2.75) is 57.9 Å². The van der Waals surface area contributed by atoms with Gasteiger partial charge in [-0.3, -0.25) is 4.99 Å². The summed E-state index contributed by atoms with van der Waals surface area (Å²) in [6.45, 7) is 14.1. The van der Waals surface area contributed by atoms with Crippen molar-refractivity contribution in [1.29, 1.82) is 0 Å². The molecule has 0 bridgehead atoms. The molecule has 0 unspecified atom stereocenters. The molecule has 23 heavy (non-hydrogen) atoms. The zero-order valence-corrected chi connectivity index (χ0v) is 16.3. The zero-order valence-electron chi connectivity index (χ0n) is 14.7. The van der Waals surface area contributed by atoms with E-state index in [0.717, 1.165) is 44.6 Å². The number of thioether (sulfide) groups is 1. The van der Waals surface area contributed by atoms with Crippen LogP contribution in [0.15, 0.2) is 51.3 Å². The van der Waals surface area contributed by atoms with Gasteiger partial charge in [0.25, 0.3) is 0 Å². The average molecular weight is 351 g/mol. The predicted octanol–water partition coefficient (Wildman–Crippen LogP) is 6.14. The van der Waals surface area contributed by atoms with E-state index in [1.807, 2.05) is 58.9 Å². The Balaban J connectivity index is 0.00000127. The van der Waals surface area contributed by atoms with Gasteiger partial charge in [0, 0.05) is 14.8 Å². The Morgan fingerprint density at radius 1 is 1.39 bits per heavy atom. The van der Waals surface area contributed by atoms with Gasteiger partial charge in [0.05, 0.1) is 16.9 Å². The van der Waals surface area contributed by atoms with Gasteiger partial charge in [0.2, 0.25) is 0 Å². The quantitative estimate of drug-likeness (QED) is 0.511. The molecule has 2 nitrogen and oxygen atoms in total. The minimum absolute atomic E-state index is 0.215. The van der Waals surface area contributed by atoms with Crippen LogP contribution in [0, 0.1) is 6.92 Å². The number of rotatable bonds is 5. The summed E-state index contributed by atoms with van der Waals surface area (Å²) in [6.07, 6.45) is 4.02. The Morgan fingerprint density at radius 2 is 2.00 bits per heavy atom. The number of nitrogens with zero attached hydrogens (tertiary/aromatic N) is 1. The molecule has 0 atom stereocenters. The molecule has 0 radical (unpaired) electrons. The Kier molecular flexibility index (Phi) is 7.59. The van der Waals surface area contributed by atoms with Gasteiger partial charge in [0.1, 0.15) is 0 Å². The van der Waals surface area contributed by atoms with E-state index in [1.54, 1.807) is 11.8 Å². The van der Waals surface area contributed by atoms with Crippen molar-refractivity contribution in [3.05, 3.63) is 52.0 Å². The molecule has 0 heterocycles. The normalized spacial score (nSPS) is 16.5. The second-order valence-corrected chi connectivity index (χ2v) is 6.96. The first kappa shape index (κ1) is 20.0. The van der Waals surface area contributed by atoms with Crippen LogP contribution in [0.2, 0.25) is 5.02 Å². The summed E-state index contributed by atoms with van der Waals surface area (Å²) in [5.74, 6) is 0. The lowest BCUT2D eigenvalue weighted by molar-refractivity contribution is 0.779. The van der Waals surface area contributed by atoms with E-state index in [4.69, 9.17) is 17.3 Å². The molecule has 0 amide bonds. The smallest absolute Gasteiger partial charge is 0.0582 e. The van der Waals surface area contributed by atoms with Gasteiger partial charge in [-0.05, 0) is 51.3 Å². The second-order valence-electron chi connectivity index (χ2n) is 5.42. The lowest BCUT2D eigenvalue weighted by atomic mass is 10.2. The summed E-state index contributed by atoms with van der Waals surface area (Å²) in [4.78, 5) is 6.71. The highest BCUT2D eigenvalue weighted by atomic mass is 35.5. The third-order valence-corrected chi connectivity index (χ3v) is 5.33. The highest BCUT2D eigenvalue weighted by Crippen LogP contribution is 2.40. The Labute approximate surface area is 149 Å². The third kappa shape index (κ3) is 5.23. The Hall–Kier alpha value is -1.03. The van der Waals surface area contributed by atoms with Gasteiger partial charge < -0.3 is 5.73 Å². The van der Waals surface area contributed by atoms with Gasteiger partial charge in [0.15, 0.2) is 0 Å². The van der Waals surface area contributed by atoms with Crippen molar-refractivity contribution in [2.75, 3.05) is 0 Å². The summed E-state index contributed by atoms with van der Waals surface area (Å²) in [5.41, 5.74) is 8.94. The van der Waals surface area contributed by atoms with Gasteiger partial charge in [-0.2, -0.15) is 0 Å². The maximum Gasteiger partial charge on any atom is 0.0582 e. The summed E-state index contributed by atoms with van der Waals surface area (Å²) in [6, 6.07) is 5.90. The van der Waals surface area contributed by atoms with Gasteiger partial charge in [-0.1, -0.05) is 55.9 Å². The molecule has 0 aromatic heterocycles. The molecule has 2 N–H and O–H groups in total. The van der Waals surface area contributed by atoms with Crippen LogP contribution in [0.1, 0.15) is 46.1 Å². The minimum Gasteiger partial charge on any atom is -0.320 e. The van der Waals surface area contributed by atoms with Crippen LogP contribution in [0.3, 0.4) is 0 Å². The SMILES string of the molecule is C=C(Sc1cccc(Cl)c1C)C(C)=N/C(=C\C)C1(N)CC1.CC. The highest BCUT2D eigenvalue weighted by Gasteiger charge is 2.42. The van der Waals surface area contributed by atoms with Crippen molar-refractivity contribution in [1.82, 2.24) is 0 Å². The molecular formula is C19H27ClN2S. The maximum atomic E-state index is 6.22. The predicted molar refractivity (Wildman–Crippen MR) is 106 cm³/mol. The van der Waals surface area contributed by atoms with Crippen LogP contribution >= 0.6 is 23.4 Å². The average Bonchev–Trinajstić information content (AvgIpc) is 3.29. The van der Waals surface area contributed by atoms with Crippen LogP contribution in [-0.2, 0) is 0 Å². The first-order valence-corrected chi connectivity index (χ1v) is 9.20. The van der Waals surface area contributed by atoms with Crippen molar-refractivity contribution < 1.29 is 0 Å². The van der Waals surface area contributed by atoms with Gasteiger partial charge in [-0.25, -0.2) is 0 Å². The lowest BCUT2D eigenvalue weighted by Crippen LogP contribution is -2.24. The molecule has 1 aliphatic carbocycles. The summed E-state index contributed by atoms with van der Waals surface area (Å²) >= 11 is 7.75. The molecule has 1 aromatic carbocycles. The molecular weight excluding hydrogens is 324 g/mol. The number of benzene rings is 1. The lowest BCUT2D eigenvalue weighted by Gasteiger charge is -2.13. The molecule has 1 saturated carbocycles. The van der Waals surface area contributed by atoms with Gasteiger partial charge >= 0.3 is 0 Å². The number of hydrogen-bond acceptors (Lipinski definition) is 3. The van der Waals surface area contributed by atoms with E-state index in [0.29, 0.717) is 0 Å². The van der Waals surface area contributed by atoms with E-state index in [-0.39, 0.29) is 5.54 Å². The first-order valence-electron chi connectivity index (χ1n) is 8.00. The van der Waals surface area contributed by atoms with E-state index in [1.165, 1.54) is 0 Å². The molecule has 1 aromatic rings. The molecule has 126 valence electrons. The number of nitrogens with two attached hydrogens (primary N) is 1. The fraction of sp³-hybridized carbons (Fsp3) is 0.421. The van der Waals surface area contributed by atoms with Crippen molar-refractivity contribution in [2.24, 2.45) is 10.7 Å². The Morgan fingerprint density at radius 3 is 2.52 bits per heavy atom. The largest absolute Gasteiger partial charge is 0.320 e. The van der Waals surface area contributed by atoms with Crippen LogP contribution in [0.25, 0.3) is 0 Å². The number of hydrogen-bond donors (Lipinski definition) is 1. The van der Waals surface area contributed by atoms with Crippen molar-refractivity contribution >= 4 is 29.1 Å².